The largest absolute Gasteiger partial charge is 0.487 e. The Morgan fingerprint density at radius 3 is 2.92 bits per heavy atom. The Balaban J connectivity index is 1.07. The van der Waals surface area contributed by atoms with Crippen molar-refractivity contribution >= 4 is 17.6 Å². The van der Waals surface area contributed by atoms with Gasteiger partial charge in [-0.1, -0.05) is 12.1 Å². The van der Waals surface area contributed by atoms with Crippen molar-refractivity contribution in [2.24, 2.45) is 0 Å². The Hall–Kier alpha value is -4.38. The number of hydrogen-bond acceptors (Lipinski definition) is 6. The highest BCUT2D eigenvalue weighted by Crippen LogP contribution is 2.55. The van der Waals surface area contributed by atoms with E-state index in [0.29, 0.717) is 35.7 Å². The van der Waals surface area contributed by atoms with Gasteiger partial charge in [0, 0.05) is 29.3 Å². The number of amides is 2. The molecule has 4 aliphatic rings. The van der Waals surface area contributed by atoms with Crippen molar-refractivity contribution in [3.63, 3.8) is 0 Å². The monoisotopic (exact) mass is 478 g/mol. The number of nitrogens with zero attached hydrogens (tertiary/aromatic N) is 2. The highest BCUT2D eigenvalue weighted by atomic mass is 16.5. The summed E-state index contributed by atoms with van der Waals surface area (Å²) in [5.74, 6) is 2.55. The lowest BCUT2D eigenvalue weighted by molar-refractivity contribution is -0.116. The number of anilines is 1. The third-order valence-corrected chi connectivity index (χ3v) is 7.60. The van der Waals surface area contributed by atoms with Crippen molar-refractivity contribution in [1.29, 1.82) is 5.26 Å². The van der Waals surface area contributed by atoms with Crippen LogP contribution >= 0.6 is 0 Å². The maximum atomic E-state index is 13.0. The van der Waals surface area contributed by atoms with Crippen molar-refractivity contribution in [1.82, 2.24) is 10.3 Å². The number of aromatic nitrogens is 1. The maximum absolute atomic E-state index is 13.0. The predicted octanol–water partition coefficient (Wildman–Crippen LogP) is 3.97. The highest BCUT2D eigenvalue weighted by Gasteiger charge is 2.59. The number of hydrogen-bond donors (Lipinski definition) is 2. The van der Waals surface area contributed by atoms with Gasteiger partial charge in [-0.2, -0.15) is 5.26 Å². The fourth-order valence-corrected chi connectivity index (χ4v) is 5.34. The Morgan fingerprint density at radius 1 is 1.19 bits per heavy atom. The summed E-state index contributed by atoms with van der Waals surface area (Å²) in [5.41, 5.74) is 2.94. The molecule has 0 radical (unpaired) electrons. The summed E-state index contributed by atoms with van der Waals surface area (Å²) in [7, 11) is 0. The summed E-state index contributed by atoms with van der Waals surface area (Å²) in [6, 6.07) is 17.2. The van der Waals surface area contributed by atoms with Gasteiger partial charge in [-0.3, -0.25) is 9.59 Å². The number of ether oxygens (including phenoxy) is 2. The molecule has 0 spiro atoms. The molecule has 2 aliphatic carbocycles. The number of carbonyl (C=O) groups is 2. The standard InChI is InChI=1S/C28H22N4O4/c29-14-28(9-10-28)16-3-1-2-15(12-16)27(34)32-24-23-19-13-17(4-6-20(19)36-25(23)24)35-21-8-11-30-26-18(21)5-7-22(33)31-26/h1-4,6,8,11-13,23-25H,5,7,9-10H2,(H,32,34)(H,30,31,33)/t23-,24-,25-/m0/s1. The molecule has 0 bridgehead atoms. The first-order valence-corrected chi connectivity index (χ1v) is 12.1. The summed E-state index contributed by atoms with van der Waals surface area (Å²) < 4.78 is 12.3. The van der Waals surface area contributed by atoms with Gasteiger partial charge in [0.2, 0.25) is 5.91 Å². The minimum Gasteiger partial charge on any atom is -0.487 e. The zero-order chi connectivity index (χ0) is 24.4. The van der Waals surface area contributed by atoms with Gasteiger partial charge in [0.15, 0.2) is 0 Å². The maximum Gasteiger partial charge on any atom is 0.251 e. The van der Waals surface area contributed by atoms with Gasteiger partial charge in [-0.05, 0) is 61.2 Å². The van der Waals surface area contributed by atoms with Gasteiger partial charge < -0.3 is 20.1 Å². The first-order chi connectivity index (χ1) is 17.5. The molecular weight excluding hydrogens is 456 g/mol. The average molecular weight is 479 g/mol. The number of carbonyl (C=O) groups excluding carboxylic acids is 2. The normalized spacial score (nSPS) is 23.6. The molecule has 0 unspecified atom stereocenters. The van der Waals surface area contributed by atoms with E-state index in [2.05, 4.69) is 21.7 Å². The third kappa shape index (κ3) is 3.31. The zero-order valence-corrected chi connectivity index (χ0v) is 19.3. The van der Waals surface area contributed by atoms with Crippen LogP contribution in [0.2, 0.25) is 0 Å². The molecule has 3 heterocycles. The molecule has 2 aromatic carbocycles. The molecular formula is C28H22N4O4. The van der Waals surface area contributed by atoms with E-state index in [4.69, 9.17) is 9.47 Å². The molecule has 2 fully saturated rings. The minimum absolute atomic E-state index is 0.0430. The fraction of sp³-hybridized carbons (Fsp3) is 0.286. The molecule has 1 aromatic heterocycles. The molecule has 8 nitrogen and oxygen atoms in total. The molecule has 0 saturated heterocycles. The zero-order valence-electron chi connectivity index (χ0n) is 19.3. The van der Waals surface area contributed by atoms with Gasteiger partial charge in [0.05, 0.1) is 23.4 Å². The fourth-order valence-electron chi connectivity index (χ4n) is 5.34. The van der Waals surface area contributed by atoms with Crippen LogP contribution in [0.25, 0.3) is 0 Å². The van der Waals surface area contributed by atoms with Gasteiger partial charge >= 0.3 is 0 Å². The van der Waals surface area contributed by atoms with Crippen molar-refractivity contribution in [3.8, 4) is 23.3 Å². The van der Waals surface area contributed by atoms with Crippen molar-refractivity contribution in [2.75, 3.05) is 5.32 Å². The second kappa shape index (κ2) is 7.56. The number of nitrogens with one attached hydrogen (secondary N) is 2. The van der Waals surface area contributed by atoms with Crippen LogP contribution in [0.3, 0.4) is 0 Å². The first-order valence-electron chi connectivity index (χ1n) is 12.1. The Labute approximate surface area is 207 Å². The van der Waals surface area contributed by atoms with E-state index in [-0.39, 0.29) is 29.9 Å². The van der Waals surface area contributed by atoms with Crippen LogP contribution in [0.1, 0.15) is 52.2 Å². The first kappa shape index (κ1) is 20.9. The second-order valence-electron chi connectivity index (χ2n) is 9.87. The Bertz CT molecular complexity index is 1490. The third-order valence-electron chi connectivity index (χ3n) is 7.60. The van der Waals surface area contributed by atoms with E-state index >= 15 is 0 Å². The van der Waals surface area contributed by atoms with Crippen molar-refractivity contribution in [2.45, 2.75) is 49.2 Å². The predicted molar refractivity (Wildman–Crippen MR) is 129 cm³/mol. The van der Waals surface area contributed by atoms with Crippen LogP contribution in [0, 0.1) is 11.3 Å². The summed E-state index contributed by atoms with van der Waals surface area (Å²) >= 11 is 0. The van der Waals surface area contributed by atoms with Gasteiger partial charge in [-0.25, -0.2) is 4.98 Å². The molecule has 2 N–H and O–H groups in total. The van der Waals surface area contributed by atoms with E-state index < -0.39 is 5.41 Å². The molecule has 3 atom stereocenters. The summed E-state index contributed by atoms with van der Waals surface area (Å²) in [6.45, 7) is 0. The summed E-state index contributed by atoms with van der Waals surface area (Å²) in [4.78, 5) is 28.9. The average Bonchev–Trinajstić information content (AvgIpc) is 3.79. The Morgan fingerprint density at radius 2 is 2.08 bits per heavy atom. The molecule has 2 amide bonds. The molecule has 2 aliphatic heterocycles. The van der Waals surface area contributed by atoms with Crippen LogP contribution in [-0.4, -0.2) is 28.9 Å². The van der Waals surface area contributed by atoms with E-state index in [1.165, 1.54) is 0 Å². The van der Waals surface area contributed by atoms with Crippen LogP contribution in [0.15, 0.2) is 54.7 Å². The topological polar surface area (TPSA) is 113 Å². The molecule has 8 heteroatoms. The van der Waals surface area contributed by atoms with Crippen LogP contribution < -0.4 is 20.1 Å². The number of benzene rings is 2. The smallest absolute Gasteiger partial charge is 0.251 e. The van der Waals surface area contributed by atoms with Crippen LogP contribution in [0.4, 0.5) is 5.82 Å². The van der Waals surface area contributed by atoms with Gasteiger partial charge in [-0.15, -0.1) is 0 Å². The van der Waals surface area contributed by atoms with E-state index in [1.807, 2.05) is 36.4 Å². The van der Waals surface area contributed by atoms with Gasteiger partial charge in [0.1, 0.15) is 29.2 Å². The van der Waals surface area contributed by atoms with Crippen LogP contribution in [-0.2, 0) is 16.6 Å². The van der Waals surface area contributed by atoms with E-state index in [9.17, 15) is 14.9 Å². The minimum atomic E-state index is -0.426. The Kier molecular flexibility index (Phi) is 4.40. The van der Waals surface area contributed by atoms with Crippen molar-refractivity contribution < 1.29 is 19.1 Å². The van der Waals surface area contributed by atoms with Crippen LogP contribution in [0.5, 0.6) is 17.2 Å². The number of nitriles is 1. The molecule has 178 valence electrons. The van der Waals surface area contributed by atoms with Gasteiger partial charge in [0.25, 0.3) is 5.91 Å². The lowest BCUT2D eigenvalue weighted by atomic mass is 9.96. The summed E-state index contributed by atoms with van der Waals surface area (Å²) in [6.07, 6.45) is 4.18. The molecule has 36 heavy (non-hydrogen) atoms. The van der Waals surface area contributed by atoms with Crippen molar-refractivity contribution in [3.05, 3.63) is 77.0 Å². The lowest BCUT2D eigenvalue weighted by Gasteiger charge is -2.19. The molecule has 7 rings (SSSR count). The quantitative estimate of drug-likeness (QED) is 0.574. The van der Waals surface area contributed by atoms with E-state index in [1.54, 1.807) is 18.3 Å². The summed E-state index contributed by atoms with van der Waals surface area (Å²) in [5, 5.41) is 15.4. The SMILES string of the molecule is N#CC1(c2cccc(C(=O)N[C@@H]3[C@H]4Oc5ccc(Oc6ccnc7c6CCC(=O)N7)cc5[C@@H]34)c2)CC1. The number of pyridine rings is 1. The molecule has 3 aromatic rings. The van der Waals surface area contributed by atoms with E-state index in [0.717, 1.165) is 35.3 Å². The second-order valence-corrected chi connectivity index (χ2v) is 9.87. The number of fused-ring (bicyclic) bond motifs is 4. The lowest BCUT2D eigenvalue weighted by Crippen LogP contribution is -2.30. The molecule has 2 saturated carbocycles. The highest BCUT2D eigenvalue weighted by molar-refractivity contribution is 5.95. The number of rotatable bonds is 5.